The van der Waals surface area contributed by atoms with Crippen molar-refractivity contribution >= 4 is 29.3 Å². The molecular weight excluding hydrogens is 322 g/mol. The van der Waals surface area contributed by atoms with Gasteiger partial charge in [-0.15, -0.1) is 0 Å². The molecule has 24 heavy (non-hydrogen) atoms. The van der Waals surface area contributed by atoms with Gasteiger partial charge in [0.15, 0.2) is 4.87 Å². The minimum absolute atomic E-state index is 0.0141. The van der Waals surface area contributed by atoms with Gasteiger partial charge in [-0.25, -0.2) is 4.79 Å². The second-order valence-electron chi connectivity index (χ2n) is 6.15. The molecule has 0 N–H and O–H groups in total. The van der Waals surface area contributed by atoms with Crippen molar-refractivity contribution in [3.8, 4) is 0 Å². The number of amides is 1. The van der Waals surface area contributed by atoms with Crippen LogP contribution in [0.1, 0.15) is 24.0 Å². The van der Waals surface area contributed by atoms with Crippen molar-refractivity contribution in [1.82, 2.24) is 0 Å². The van der Waals surface area contributed by atoms with Crippen molar-refractivity contribution in [3.63, 3.8) is 0 Å². The van der Waals surface area contributed by atoms with Crippen molar-refractivity contribution in [2.75, 3.05) is 4.90 Å². The molecule has 4 rings (SSSR count). The molecule has 1 unspecified atom stereocenters. The Morgan fingerprint density at radius 1 is 1.21 bits per heavy atom. The molecule has 1 saturated heterocycles. The average Bonchev–Trinajstić information content (AvgIpc) is 3.10. The molecule has 2 aromatic rings. The minimum Gasteiger partial charge on any atom is -0.458 e. The number of esters is 1. The van der Waals surface area contributed by atoms with Gasteiger partial charge in [0.1, 0.15) is 6.61 Å². The maximum atomic E-state index is 12.9. The summed E-state index contributed by atoms with van der Waals surface area (Å²) in [5.41, 5.74) is 2.93. The van der Waals surface area contributed by atoms with Crippen LogP contribution in [0.25, 0.3) is 0 Å². The molecule has 2 aromatic carbocycles. The van der Waals surface area contributed by atoms with Crippen LogP contribution in [-0.2, 0) is 20.9 Å². The first-order valence-electron chi connectivity index (χ1n) is 7.94. The van der Waals surface area contributed by atoms with Gasteiger partial charge in [0, 0.05) is 17.7 Å². The summed E-state index contributed by atoms with van der Waals surface area (Å²) in [6.45, 7) is 2.24. The molecule has 2 aliphatic heterocycles. The zero-order chi connectivity index (χ0) is 16.7. The normalized spacial score (nSPS) is 21.5. The topological polar surface area (TPSA) is 46.6 Å². The molecule has 122 valence electrons. The number of nitrogens with zero attached hydrogens (tertiary/aromatic N) is 1. The van der Waals surface area contributed by atoms with Gasteiger partial charge in [-0.2, -0.15) is 0 Å². The number of aryl methyl sites for hydroxylation is 1. The van der Waals surface area contributed by atoms with Crippen LogP contribution in [0.2, 0.25) is 0 Å². The average molecular weight is 339 g/mol. The number of hydrogen-bond donors (Lipinski definition) is 0. The number of hydrogen-bond acceptors (Lipinski definition) is 4. The lowest BCUT2D eigenvalue weighted by atomic mass is 10.1. The van der Waals surface area contributed by atoms with Gasteiger partial charge in [0.25, 0.3) is 0 Å². The lowest BCUT2D eigenvalue weighted by molar-refractivity contribution is -0.148. The summed E-state index contributed by atoms with van der Waals surface area (Å²) in [6, 6.07) is 15.5. The van der Waals surface area contributed by atoms with E-state index in [1.807, 2.05) is 55.5 Å². The van der Waals surface area contributed by atoms with E-state index >= 15 is 0 Å². The molecule has 1 amide bonds. The van der Waals surface area contributed by atoms with Crippen LogP contribution >= 0.6 is 11.8 Å². The molecule has 1 atom stereocenters. The van der Waals surface area contributed by atoms with Crippen molar-refractivity contribution in [1.29, 1.82) is 0 Å². The molecule has 2 heterocycles. The molecule has 0 aliphatic carbocycles. The number of para-hydroxylation sites is 1. The van der Waals surface area contributed by atoms with Gasteiger partial charge < -0.3 is 4.74 Å². The second kappa shape index (κ2) is 5.67. The molecule has 0 spiro atoms. The fourth-order valence-corrected chi connectivity index (χ4v) is 4.63. The zero-order valence-electron chi connectivity index (χ0n) is 13.3. The molecule has 0 aromatic heterocycles. The highest BCUT2D eigenvalue weighted by Gasteiger charge is 2.58. The van der Waals surface area contributed by atoms with Gasteiger partial charge in [0.05, 0.1) is 5.69 Å². The molecule has 2 aliphatic rings. The highest BCUT2D eigenvalue weighted by atomic mass is 32.2. The van der Waals surface area contributed by atoms with Crippen LogP contribution in [0.4, 0.5) is 5.69 Å². The van der Waals surface area contributed by atoms with E-state index in [4.69, 9.17) is 4.74 Å². The van der Waals surface area contributed by atoms with Crippen LogP contribution in [0.3, 0.4) is 0 Å². The van der Waals surface area contributed by atoms with E-state index in [0.717, 1.165) is 21.7 Å². The largest absolute Gasteiger partial charge is 0.458 e. The number of fused-ring (bicyclic) bond motifs is 3. The number of carbonyl (C=O) groups excluding carboxylic acids is 2. The number of anilines is 1. The van der Waals surface area contributed by atoms with Crippen LogP contribution in [0, 0.1) is 6.92 Å². The van der Waals surface area contributed by atoms with Crippen molar-refractivity contribution in [3.05, 3.63) is 59.7 Å². The monoisotopic (exact) mass is 339 g/mol. The molecule has 0 radical (unpaired) electrons. The predicted octanol–water partition coefficient (Wildman–Crippen LogP) is 3.67. The Hall–Kier alpha value is -2.27. The Kier molecular flexibility index (Phi) is 3.61. The fraction of sp³-hybridized carbons (Fsp3) is 0.263. The Morgan fingerprint density at radius 3 is 2.75 bits per heavy atom. The summed E-state index contributed by atoms with van der Waals surface area (Å²) in [5, 5.41) is 0. The molecule has 0 saturated carbocycles. The lowest BCUT2D eigenvalue weighted by Crippen LogP contribution is -2.47. The fourth-order valence-electron chi connectivity index (χ4n) is 3.22. The first-order chi connectivity index (χ1) is 11.6. The van der Waals surface area contributed by atoms with E-state index in [0.29, 0.717) is 12.8 Å². The maximum absolute atomic E-state index is 12.9. The third kappa shape index (κ3) is 2.31. The zero-order valence-corrected chi connectivity index (χ0v) is 14.1. The number of rotatable bonds is 3. The Labute approximate surface area is 144 Å². The van der Waals surface area contributed by atoms with Gasteiger partial charge in [-0.05, 0) is 24.6 Å². The van der Waals surface area contributed by atoms with E-state index in [1.54, 1.807) is 4.90 Å². The van der Waals surface area contributed by atoms with Gasteiger partial charge in [-0.3, -0.25) is 9.69 Å². The molecule has 0 bridgehead atoms. The Balaban J connectivity index is 1.57. The molecule has 5 heteroatoms. The molecule has 1 fully saturated rings. The van der Waals surface area contributed by atoms with E-state index in [-0.39, 0.29) is 18.5 Å². The summed E-state index contributed by atoms with van der Waals surface area (Å²) in [6.07, 6.45) is 0.860. The molecular formula is C19H17NO3S. The van der Waals surface area contributed by atoms with Crippen molar-refractivity contribution < 1.29 is 14.3 Å². The van der Waals surface area contributed by atoms with Gasteiger partial charge in [-0.1, -0.05) is 53.7 Å². The third-order valence-electron chi connectivity index (χ3n) is 4.48. The van der Waals surface area contributed by atoms with E-state index in [9.17, 15) is 9.59 Å². The standard InChI is InChI=1S/C19H17NO3S/c1-13-6-8-14(9-7-13)12-23-18(22)19-11-10-17(21)20(19)15-4-2-3-5-16(15)24-19/h2-9H,10-12H2,1H3. The van der Waals surface area contributed by atoms with Crippen LogP contribution in [0.5, 0.6) is 0 Å². The summed E-state index contributed by atoms with van der Waals surface area (Å²) in [5.74, 6) is -0.352. The minimum atomic E-state index is -0.939. The lowest BCUT2D eigenvalue weighted by Gasteiger charge is -2.28. The number of ether oxygens (including phenoxy) is 1. The molecule has 4 nitrogen and oxygen atoms in total. The van der Waals surface area contributed by atoms with Crippen LogP contribution in [0.15, 0.2) is 53.4 Å². The third-order valence-corrected chi connectivity index (χ3v) is 5.94. The van der Waals surface area contributed by atoms with Gasteiger partial charge in [0.2, 0.25) is 5.91 Å². The Morgan fingerprint density at radius 2 is 1.96 bits per heavy atom. The number of carbonyl (C=O) groups is 2. The van der Waals surface area contributed by atoms with E-state index < -0.39 is 4.87 Å². The summed E-state index contributed by atoms with van der Waals surface area (Å²) in [4.78, 5) is 26.9. The van der Waals surface area contributed by atoms with E-state index in [2.05, 4.69) is 0 Å². The SMILES string of the molecule is Cc1ccc(COC(=O)C23CCC(=O)N2c2ccccc2S3)cc1. The van der Waals surface area contributed by atoms with Crippen molar-refractivity contribution in [2.24, 2.45) is 0 Å². The first kappa shape index (κ1) is 15.3. The smallest absolute Gasteiger partial charge is 0.343 e. The summed E-state index contributed by atoms with van der Waals surface area (Å²) >= 11 is 1.43. The quantitative estimate of drug-likeness (QED) is 0.801. The first-order valence-corrected chi connectivity index (χ1v) is 8.76. The Bertz CT molecular complexity index is 818. The van der Waals surface area contributed by atoms with Crippen LogP contribution in [-0.4, -0.2) is 16.7 Å². The maximum Gasteiger partial charge on any atom is 0.343 e. The predicted molar refractivity (Wildman–Crippen MR) is 92.7 cm³/mol. The van der Waals surface area contributed by atoms with Crippen LogP contribution < -0.4 is 4.90 Å². The second-order valence-corrected chi connectivity index (χ2v) is 7.46. The summed E-state index contributed by atoms with van der Waals surface area (Å²) in [7, 11) is 0. The highest BCUT2D eigenvalue weighted by Crippen LogP contribution is 2.56. The van der Waals surface area contributed by atoms with Gasteiger partial charge >= 0.3 is 5.97 Å². The van der Waals surface area contributed by atoms with E-state index in [1.165, 1.54) is 11.8 Å². The highest BCUT2D eigenvalue weighted by molar-refractivity contribution is 8.02. The number of thioether (sulfide) groups is 1. The number of benzene rings is 2. The van der Waals surface area contributed by atoms with Crippen molar-refractivity contribution in [2.45, 2.75) is 36.1 Å². The summed E-state index contributed by atoms with van der Waals surface area (Å²) < 4.78 is 5.58.